The molecule has 2 N–H and O–H groups in total. The highest BCUT2D eigenvalue weighted by atomic mass is 16.5. The van der Waals surface area contributed by atoms with Crippen molar-refractivity contribution in [1.29, 1.82) is 5.26 Å². The van der Waals surface area contributed by atoms with E-state index in [1.165, 1.54) is 7.11 Å². The maximum absolute atomic E-state index is 13.0. The van der Waals surface area contributed by atoms with E-state index in [0.29, 0.717) is 28.0 Å². The maximum Gasteiger partial charge on any atom is 0.344 e. The Hall–Kier alpha value is -3.92. The van der Waals surface area contributed by atoms with Crippen molar-refractivity contribution in [3.63, 3.8) is 0 Å². The number of hydrogen-bond donors (Lipinski definition) is 1. The van der Waals surface area contributed by atoms with E-state index in [9.17, 15) is 10.1 Å². The zero-order chi connectivity index (χ0) is 20.7. The largest absolute Gasteiger partial charge is 0.496 e. The van der Waals surface area contributed by atoms with E-state index in [-0.39, 0.29) is 22.8 Å². The van der Waals surface area contributed by atoms with Crippen LogP contribution in [0.5, 0.6) is 17.2 Å². The Labute approximate surface area is 166 Å². The van der Waals surface area contributed by atoms with Crippen molar-refractivity contribution in [1.82, 2.24) is 0 Å². The number of para-hydroxylation sites is 1. The van der Waals surface area contributed by atoms with Crippen LogP contribution in [0.3, 0.4) is 0 Å². The molecule has 4 rings (SSSR count). The molecule has 3 aromatic rings. The van der Waals surface area contributed by atoms with Crippen LogP contribution in [0.15, 0.2) is 57.1 Å². The Bertz CT molecular complexity index is 1270. The quantitative estimate of drug-likeness (QED) is 0.683. The van der Waals surface area contributed by atoms with Gasteiger partial charge in [-0.25, -0.2) is 4.79 Å². The summed E-state index contributed by atoms with van der Waals surface area (Å²) in [5.74, 6) is 0.545. The van der Waals surface area contributed by atoms with Gasteiger partial charge in [-0.1, -0.05) is 18.2 Å². The zero-order valence-electron chi connectivity index (χ0n) is 16.1. The second kappa shape index (κ2) is 6.91. The van der Waals surface area contributed by atoms with E-state index in [1.54, 1.807) is 43.5 Å². The van der Waals surface area contributed by atoms with Crippen molar-refractivity contribution >= 4 is 11.0 Å². The summed E-state index contributed by atoms with van der Waals surface area (Å²) in [5.41, 5.74) is 7.53. The van der Waals surface area contributed by atoms with Crippen LogP contribution in [0.25, 0.3) is 11.0 Å². The van der Waals surface area contributed by atoms with Gasteiger partial charge in [-0.05, 0) is 25.1 Å². The first-order chi connectivity index (χ1) is 14.0. The molecule has 0 saturated heterocycles. The van der Waals surface area contributed by atoms with Crippen LogP contribution >= 0.6 is 0 Å². The fourth-order valence-electron chi connectivity index (χ4n) is 3.79. The smallest absolute Gasteiger partial charge is 0.344 e. The highest BCUT2D eigenvalue weighted by Crippen LogP contribution is 2.47. The van der Waals surface area contributed by atoms with E-state index >= 15 is 0 Å². The van der Waals surface area contributed by atoms with Gasteiger partial charge in [0.05, 0.1) is 31.1 Å². The van der Waals surface area contributed by atoms with Crippen LogP contribution < -0.4 is 25.6 Å². The molecular weight excluding hydrogens is 372 g/mol. The lowest BCUT2D eigenvalue weighted by atomic mass is 9.82. The predicted octanol–water partition coefficient (Wildman–Crippen LogP) is 3.34. The molecule has 1 aliphatic heterocycles. The first-order valence-electron chi connectivity index (χ1n) is 8.86. The second-order valence-electron chi connectivity index (χ2n) is 6.57. The second-order valence-corrected chi connectivity index (χ2v) is 6.57. The molecule has 0 spiro atoms. The van der Waals surface area contributed by atoms with Crippen LogP contribution in [0.4, 0.5) is 0 Å². The molecule has 29 heavy (non-hydrogen) atoms. The van der Waals surface area contributed by atoms with Gasteiger partial charge in [0.1, 0.15) is 28.7 Å². The third-order valence-corrected chi connectivity index (χ3v) is 5.10. The third-order valence-electron chi connectivity index (χ3n) is 5.10. The molecule has 0 saturated carbocycles. The van der Waals surface area contributed by atoms with E-state index in [2.05, 4.69) is 6.07 Å². The summed E-state index contributed by atoms with van der Waals surface area (Å²) in [6.07, 6.45) is 0. The van der Waals surface area contributed by atoms with Crippen LogP contribution in [-0.4, -0.2) is 14.2 Å². The minimum Gasteiger partial charge on any atom is -0.496 e. The first kappa shape index (κ1) is 18.4. The minimum atomic E-state index is -0.802. The summed E-state index contributed by atoms with van der Waals surface area (Å²) in [4.78, 5) is 13.0. The number of fused-ring (bicyclic) bond motifs is 3. The normalized spacial score (nSPS) is 15.4. The van der Waals surface area contributed by atoms with Gasteiger partial charge in [-0.3, -0.25) is 0 Å². The Morgan fingerprint density at radius 2 is 1.90 bits per heavy atom. The molecule has 7 nitrogen and oxygen atoms in total. The summed E-state index contributed by atoms with van der Waals surface area (Å²) in [6.45, 7) is 1.84. The highest BCUT2D eigenvalue weighted by Gasteiger charge is 2.37. The molecule has 0 fully saturated rings. The van der Waals surface area contributed by atoms with Gasteiger partial charge in [0, 0.05) is 11.1 Å². The number of nitrogens with two attached hydrogens (primary N) is 1. The summed E-state index contributed by atoms with van der Waals surface area (Å²) in [5, 5.41) is 10.4. The fraction of sp³-hybridized carbons (Fsp3) is 0.182. The molecule has 0 amide bonds. The van der Waals surface area contributed by atoms with Crippen molar-refractivity contribution in [3.05, 3.63) is 75.0 Å². The average molecular weight is 390 g/mol. The number of hydrogen-bond acceptors (Lipinski definition) is 7. The Morgan fingerprint density at radius 1 is 1.14 bits per heavy atom. The van der Waals surface area contributed by atoms with E-state index in [0.717, 1.165) is 5.56 Å². The lowest BCUT2D eigenvalue weighted by Crippen LogP contribution is -2.26. The van der Waals surface area contributed by atoms with Gasteiger partial charge in [-0.15, -0.1) is 0 Å². The van der Waals surface area contributed by atoms with Crippen molar-refractivity contribution in [2.75, 3.05) is 14.2 Å². The van der Waals surface area contributed by atoms with Gasteiger partial charge >= 0.3 is 5.63 Å². The monoisotopic (exact) mass is 390 g/mol. The first-order valence-corrected chi connectivity index (χ1v) is 8.86. The molecule has 0 bridgehead atoms. The van der Waals surface area contributed by atoms with Crippen LogP contribution in [-0.2, 0) is 0 Å². The lowest BCUT2D eigenvalue weighted by Gasteiger charge is -2.27. The van der Waals surface area contributed by atoms with Crippen molar-refractivity contribution in [3.8, 4) is 23.3 Å². The minimum absolute atomic E-state index is 0.0590. The van der Waals surface area contributed by atoms with E-state index < -0.39 is 11.5 Å². The van der Waals surface area contributed by atoms with E-state index in [1.807, 2.05) is 6.92 Å². The molecule has 146 valence electrons. The van der Waals surface area contributed by atoms with Gasteiger partial charge in [-0.2, -0.15) is 5.26 Å². The van der Waals surface area contributed by atoms with Crippen LogP contribution in [0.2, 0.25) is 0 Å². The molecule has 1 aliphatic rings. The number of ether oxygens (including phenoxy) is 3. The van der Waals surface area contributed by atoms with Gasteiger partial charge < -0.3 is 24.4 Å². The third kappa shape index (κ3) is 2.69. The number of benzene rings is 2. The lowest BCUT2D eigenvalue weighted by molar-refractivity contribution is 0.375. The van der Waals surface area contributed by atoms with E-state index in [4.69, 9.17) is 24.4 Å². The summed E-state index contributed by atoms with van der Waals surface area (Å²) in [6, 6.07) is 12.6. The molecular formula is C22H18N2O5. The summed E-state index contributed by atoms with van der Waals surface area (Å²) >= 11 is 0. The van der Waals surface area contributed by atoms with Gasteiger partial charge in [0.25, 0.3) is 0 Å². The molecule has 7 heteroatoms. The molecule has 2 aromatic carbocycles. The molecule has 2 heterocycles. The number of methoxy groups -OCH3 is 2. The van der Waals surface area contributed by atoms with Crippen molar-refractivity contribution < 1.29 is 18.6 Å². The number of nitrogens with zero attached hydrogens (tertiary/aromatic N) is 1. The number of allylic oxidation sites excluding steroid dienone is 1. The van der Waals surface area contributed by atoms with Crippen LogP contribution in [0, 0.1) is 18.3 Å². The zero-order valence-corrected chi connectivity index (χ0v) is 16.1. The molecule has 1 aromatic heterocycles. The number of nitriles is 1. The Morgan fingerprint density at radius 3 is 2.59 bits per heavy atom. The molecule has 1 atom stereocenters. The molecule has 0 radical (unpaired) electrons. The van der Waals surface area contributed by atoms with Crippen LogP contribution in [0.1, 0.15) is 22.6 Å². The SMILES string of the molecule is COc1ccc([C@@H]2C(C#N)=C(N)Oc3c2c(=O)oc2ccccc32)c(OC)c1C. The maximum atomic E-state index is 13.0. The topological polar surface area (TPSA) is 108 Å². The number of rotatable bonds is 3. The van der Waals surface area contributed by atoms with Crippen molar-refractivity contribution in [2.24, 2.45) is 5.73 Å². The molecule has 0 aliphatic carbocycles. The average Bonchev–Trinajstić information content (AvgIpc) is 2.72. The predicted molar refractivity (Wildman–Crippen MR) is 106 cm³/mol. The summed E-state index contributed by atoms with van der Waals surface area (Å²) < 4.78 is 22.2. The highest BCUT2D eigenvalue weighted by molar-refractivity contribution is 5.86. The standard InChI is InChI=1S/C22H18N2O5/c1-11-15(26-2)9-8-13(19(11)27-3)17-14(10-23)21(24)29-20-12-6-4-5-7-16(12)28-22(25)18(17)20/h4-9,17H,24H2,1-3H3/t17-/m1/s1. The summed E-state index contributed by atoms with van der Waals surface area (Å²) in [7, 11) is 3.08. The van der Waals surface area contributed by atoms with Gasteiger partial charge in [0.15, 0.2) is 5.75 Å². The van der Waals surface area contributed by atoms with Gasteiger partial charge in [0.2, 0.25) is 5.88 Å². The molecule has 0 unspecified atom stereocenters. The Balaban J connectivity index is 2.10. The van der Waals surface area contributed by atoms with Crippen molar-refractivity contribution in [2.45, 2.75) is 12.8 Å². The Kier molecular flexibility index (Phi) is 4.40. The fourth-order valence-corrected chi connectivity index (χ4v) is 3.79.